The second-order valence-electron chi connectivity index (χ2n) is 9.36. The van der Waals surface area contributed by atoms with E-state index in [4.69, 9.17) is 23.2 Å². The first-order valence-corrected chi connectivity index (χ1v) is 13.6. The van der Waals surface area contributed by atoms with Crippen LogP contribution in [0.25, 0.3) is 34.4 Å². The molecule has 2 aliphatic rings. The van der Waals surface area contributed by atoms with Crippen LogP contribution in [0.2, 0.25) is 0 Å². The van der Waals surface area contributed by atoms with Crippen LogP contribution in [0.4, 0.5) is 0 Å². The molecule has 4 aromatic rings. The predicted octanol–water partition coefficient (Wildman–Crippen LogP) is 9.04. The summed E-state index contributed by atoms with van der Waals surface area (Å²) in [5.41, 5.74) is 11.8. The number of allylic oxidation sites excluding steroid dienone is 2. The van der Waals surface area contributed by atoms with Crippen LogP contribution >= 0.6 is 23.2 Å². The molecule has 0 aromatic heterocycles. The summed E-state index contributed by atoms with van der Waals surface area (Å²) in [5.74, 6) is 0. The van der Waals surface area contributed by atoms with E-state index in [1.165, 1.54) is 33.4 Å². The summed E-state index contributed by atoms with van der Waals surface area (Å²) < 4.78 is -1.30. The molecule has 3 heteroatoms. The fourth-order valence-electron chi connectivity index (χ4n) is 5.41. The number of alkyl halides is 2. The number of hydrogen-bond donors (Lipinski definition) is 0. The van der Waals surface area contributed by atoms with Crippen molar-refractivity contribution < 1.29 is 0 Å². The van der Waals surface area contributed by atoms with Crippen LogP contribution in [-0.4, -0.2) is 9.52 Å². The van der Waals surface area contributed by atoms with Crippen LogP contribution in [0.3, 0.4) is 0 Å². The lowest BCUT2D eigenvalue weighted by molar-refractivity contribution is 0.927. The predicted molar refractivity (Wildman–Crippen MR) is 152 cm³/mol. The highest BCUT2D eigenvalue weighted by atomic mass is 35.5. The molecule has 0 amide bonds. The molecule has 4 aromatic carbocycles. The van der Waals surface area contributed by atoms with Gasteiger partial charge in [-0.15, -0.1) is 23.2 Å². The van der Waals surface area contributed by atoms with Crippen LogP contribution in [0, 0.1) is 0 Å². The van der Waals surface area contributed by atoms with E-state index in [2.05, 4.69) is 123 Å². The minimum Gasteiger partial charge on any atom is -0.114 e. The van der Waals surface area contributed by atoms with Crippen molar-refractivity contribution >= 4 is 44.9 Å². The lowest BCUT2D eigenvalue weighted by Crippen LogP contribution is -2.40. The molecule has 2 unspecified atom stereocenters. The first-order valence-electron chi connectivity index (χ1n) is 11.8. The van der Waals surface area contributed by atoms with Crippen molar-refractivity contribution in [3.63, 3.8) is 0 Å². The third-order valence-electron chi connectivity index (χ3n) is 7.28. The summed E-state index contributed by atoms with van der Waals surface area (Å²) in [5, 5.41) is 0. The molecule has 170 valence electrons. The summed E-state index contributed by atoms with van der Waals surface area (Å²) in [7, 11) is 0.242. The Kier molecular flexibility index (Phi) is 5.41. The molecule has 0 bridgehead atoms. The van der Waals surface area contributed by atoms with Gasteiger partial charge in [-0.05, 0) is 58.4 Å². The van der Waals surface area contributed by atoms with Gasteiger partial charge in [0.1, 0.15) is 9.52 Å². The van der Waals surface area contributed by atoms with E-state index in [-0.39, 0.29) is 9.52 Å². The van der Waals surface area contributed by atoms with Crippen LogP contribution in [0.15, 0.2) is 108 Å². The summed E-state index contributed by atoms with van der Waals surface area (Å²) >= 11 is 15.2. The summed E-state index contributed by atoms with van der Waals surface area (Å²) in [6, 6.07) is 34.0. The maximum absolute atomic E-state index is 7.60. The van der Waals surface area contributed by atoms with Gasteiger partial charge in [0.15, 0.2) is 0 Å². The smallest absolute Gasteiger partial charge is 0.114 e. The normalized spacial score (nSPS) is 22.4. The number of halogens is 2. The maximum atomic E-state index is 7.60. The lowest BCUT2D eigenvalue weighted by Gasteiger charge is -2.35. The van der Waals surface area contributed by atoms with Crippen molar-refractivity contribution in [3.8, 4) is 22.3 Å². The molecule has 0 spiro atoms. The molecule has 35 heavy (non-hydrogen) atoms. The largest absolute Gasteiger partial charge is 0.118 e. The third-order valence-corrected chi connectivity index (χ3v) is 10.9. The number of rotatable bonds is 4. The van der Waals surface area contributed by atoms with E-state index < -0.39 is 8.99 Å². The first-order chi connectivity index (χ1) is 16.9. The van der Waals surface area contributed by atoms with Crippen molar-refractivity contribution in [2.24, 2.45) is 0 Å². The standard InChI is InChI=1S/C32H24Cl2Si/c1-21-19-27-25(23-11-5-3-6-12-23)15-9-17-29(27)31(21,33)35-32(34)22(2)20-28-26(16-10-18-30(28)32)24-13-7-4-8-14-24/h3-20H,1-2H3. The highest BCUT2D eigenvalue weighted by Crippen LogP contribution is 2.55. The van der Waals surface area contributed by atoms with Gasteiger partial charge >= 0.3 is 0 Å². The topological polar surface area (TPSA) is 0 Å². The summed E-state index contributed by atoms with van der Waals surface area (Å²) in [4.78, 5) is 0. The Morgan fingerprint density at radius 3 is 1.31 bits per heavy atom. The van der Waals surface area contributed by atoms with Gasteiger partial charge in [-0.25, -0.2) is 0 Å². The molecule has 0 saturated carbocycles. The third kappa shape index (κ3) is 3.49. The van der Waals surface area contributed by atoms with Crippen molar-refractivity contribution in [1.82, 2.24) is 0 Å². The molecule has 0 saturated heterocycles. The van der Waals surface area contributed by atoms with Gasteiger partial charge in [0, 0.05) is 0 Å². The minimum absolute atomic E-state index is 0.242. The van der Waals surface area contributed by atoms with Crippen molar-refractivity contribution in [3.05, 3.63) is 130 Å². The molecule has 0 heterocycles. The number of benzene rings is 4. The van der Waals surface area contributed by atoms with Gasteiger partial charge in [0.25, 0.3) is 0 Å². The molecule has 0 fully saturated rings. The Bertz CT molecular complexity index is 1390. The second-order valence-corrected chi connectivity index (χ2v) is 12.9. The minimum atomic E-state index is -0.651. The Morgan fingerprint density at radius 2 is 0.914 bits per heavy atom. The van der Waals surface area contributed by atoms with E-state index in [1.807, 2.05) is 0 Å². The highest BCUT2D eigenvalue weighted by Gasteiger charge is 2.50. The van der Waals surface area contributed by atoms with E-state index in [1.54, 1.807) is 0 Å². The van der Waals surface area contributed by atoms with E-state index >= 15 is 0 Å². The van der Waals surface area contributed by atoms with Crippen LogP contribution in [-0.2, 0) is 8.99 Å². The zero-order valence-corrected chi connectivity index (χ0v) is 22.2. The monoisotopic (exact) mass is 506 g/mol. The highest BCUT2D eigenvalue weighted by molar-refractivity contribution is 6.69. The van der Waals surface area contributed by atoms with Crippen molar-refractivity contribution in [2.75, 3.05) is 0 Å². The second kappa shape index (κ2) is 8.38. The Hall–Kier alpha value is -2.84. The fourth-order valence-corrected chi connectivity index (χ4v) is 8.56. The number of hydrogen-bond acceptors (Lipinski definition) is 0. The molecular weight excluding hydrogens is 483 g/mol. The van der Waals surface area contributed by atoms with Crippen LogP contribution < -0.4 is 0 Å². The average molecular weight is 508 g/mol. The van der Waals surface area contributed by atoms with Gasteiger partial charge in [-0.3, -0.25) is 0 Å². The zero-order chi connectivity index (χ0) is 24.2. The molecule has 0 N–H and O–H groups in total. The SMILES string of the molecule is CC1=Cc2c(-c3ccccc3)cccc2C1(Cl)[Si]C1(Cl)C(C)=Cc2c(-c3ccccc3)cccc21. The Morgan fingerprint density at radius 1 is 0.514 bits per heavy atom. The number of fused-ring (bicyclic) bond motifs is 2. The zero-order valence-electron chi connectivity index (χ0n) is 19.6. The van der Waals surface area contributed by atoms with E-state index in [0.717, 1.165) is 22.3 Å². The molecule has 2 atom stereocenters. The van der Waals surface area contributed by atoms with Crippen LogP contribution in [0.1, 0.15) is 36.1 Å². The average Bonchev–Trinajstić information content (AvgIpc) is 3.29. The van der Waals surface area contributed by atoms with Crippen LogP contribution in [0.5, 0.6) is 0 Å². The molecule has 2 radical (unpaired) electrons. The molecule has 2 aliphatic carbocycles. The lowest BCUT2D eigenvalue weighted by atomic mass is 9.97. The first kappa shape index (κ1) is 22.6. The summed E-state index contributed by atoms with van der Waals surface area (Å²) in [6.45, 7) is 4.29. The fraction of sp³-hybridized carbons (Fsp3) is 0.125. The Labute approximate surface area is 219 Å². The Balaban J connectivity index is 1.45. The van der Waals surface area contributed by atoms with E-state index in [9.17, 15) is 0 Å². The van der Waals surface area contributed by atoms with E-state index in [0.29, 0.717) is 0 Å². The van der Waals surface area contributed by atoms with Gasteiger partial charge in [0.2, 0.25) is 0 Å². The van der Waals surface area contributed by atoms with Gasteiger partial charge in [-0.2, -0.15) is 0 Å². The summed E-state index contributed by atoms with van der Waals surface area (Å²) in [6.07, 6.45) is 4.51. The van der Waals surface area contributed by atoms with Crippen molar-refractivity contribution in [1.29, 1.82) is 0 Å². The van der Waals surface area contributed by atoms with Gasteiger partial charge in [0.05, 0.1) is 8.99 Å². The molecule has 0 nitrogen and oxygen atoms in total. The van der Waals surface area contributed by atoms with Gasteiger partial charge < -0.3 is 0 Å². The molecular formula is C32H24Cl2Si. The molecule has 6 rings (SSSR count). The maximum Gasteiger partial charge on any atom is 0.118 e. The van der Waals surface area contributed by atoms with Gasteiger partial charge in [-0.1, -0.05) is 120 Å². The molecule has 0 aliphatic heterocycles. The quantitative estimate of drug-likeness (QED) is 0.191. The van der Waals surface area contributed by atoms with Crippen molar-refractivity contribution in [2.45, 2.75) is 22.8 Å².